The Hall–Kier alpha value is -4.05. The van der Waals surface area contributed by atoms with Crippen molar-refractivity contribution in [1.82, 2.24) is 14.7 Å². The Kier molecular flexibility index (Phi) is 8.06. The summed E-state index contributed by atoms with van der Waals surface area (Å²) in [7, 11) is 1.60. The number of hydrogen-bond donors (Lipinski definition) is 1. The van der Waals surface area contributed by atoms with E-state index in [1.807, 2.05) is 60.9 Å². The van der Waals surface area contributed by atoms with E-state index >= 15 is 0 Å². The highest BCUT2D eigenvalue weighted by Gasteiger charge is 2.26. The second-order valence-corrected chi connectivity index (χ2v) is 8.40. The van der Waals surface area contributed by atoms with Gasteiger partial charge in [-0.25, -0.2) is 14.8 Å². The number of benzene rings is 2. The van der Waals surface area contributed by atoms with Crippen LogP contribution in [0.3, 0.4) is 0 Å². The monoisotopic (exact) mass is 506 g/mol. The van der Waals surface area contributed by atoms with Gasteiger partial charge in [-0.15, -0.1) is 4.73 Å². The first-order chi connectivity index (χ1) is 17.5. The number of anilines is 1. The Morgan fingerprint density at radius 3 is 2.50 bits per heavy atom. The molecule has 9 nitrogen and oxygen atoms in total. The van der Waals surface area contributed by atoms with E-state index in [-0.39, 0.29) is 30.1 Å². The lowest BCUT2D eigenvalue weighted by molar-refractivity contribution is 0.0513. The fourth-order valence-corrected chi connectivity index (χ4v) is 3.91. The minimum atomic E-state index is -0.757. The number of methoxy groups -OCH3 is 1. The Balaban J connectivity index is 1.83. The van der Waals surface area contributed by atoms with Gasteiger partial charge in [-0.1, -0.05) is 54.2 Å². The molecule has 4 rings (SSSR count). The quantitative estimate of drug-likeness (QED) is 0.195. The van der Waals surface area contributed by atoms with Gasteiger partial charge in [0.1, 0.15) is 12.4 Å². The fourth-order valence-electron chi connectivity index (χ4n) is 3.57. The number of nitrogens with one attached hydrogen (secondary N) is 1. The summed E-state index contributed by atoms with van der Waals surface area (Å²) in [4.78, 5) is 41.4. The van der Waals surface area contributed by atoms with E-state index in [1.54, 1.807) is 20.2 Å². The molecule has 0 spiro atoms. The molecule has 0 saturated heterocycles. The zero-order chi connectivity index (χ0) is 25.5. The summed E-state index contributed by atoms with van der Waals surface area (Å²) in [6.45, 7) is 2.24. The van der Waals surface area contributed by atoms with Crippen molar-refractivity contribution in [3.05, 3.63) is 87.8 Å². The van der Waals surface area contributed by atoms with Gasteiger partial charge in [0.15, 0.2) is 16.4 Å². The van der Waals surface area contributed by atoms with Crippen molar-refractivity contribution in [3.63, 3.8) is 0 Å². The van der Waals surface area contributed by atoms with Crippen molar-refractivity contribution < 1.29 is 19.1 Å². The number of hydrogen-bond acceptors (Lipinski definition) is 9. The first-order valence-electron chi connectivity index (χ1n) is 11.3. The molecule has 0 atom stereocenters. The molecule has 0 radical (unpaired) electrons. The highest BCUT2D eigenvalue weighted by molar-refractivity contribution is 7.98. The van der Waals surface area contributed by atoms with Crippen LogP contribution in [0.2, 0.25) is 0 Å². The van der Waals surface area contributed by atoms with Gasteiger partial charge in [0, 0.05) is 12.7 Å². The summed E-state index contributed by atoms with van der Waals surface area (Å²) >= 11 is 1.33. The predicted octanol–water partition coefficient (Wildman–Crippen LogP) is 3.94. The van der Waals surface area contributed by atoms with E-state index < -0.39 is 11.5 Å². The summed E-state index contributed by atoms with van der Waals surface area (Å²) in [5.74, 6) is -0.0276. The maximum Gasteiger partial charge on any atom is 0.346 e. The zero-order valence-electron chi connectivity index (χ0n) is 20.2. The first-order valence-corrected chi connectivity index (χ1v) is 12.5. The van der Waals surface area contributed by atoms with Gasteiger partial charge in [-0.3, -0.25) is 4.79 Å². The average Bonchev–Trinajstić information content (AvgIpc) is 2.91. The molecular weight excluding hydrogens is 480 g/mol. The molecule has 0 saturated carbocycles. The Morgan fingerprint density at radius 2 is 1.83 bits per heavy atom. The molecule has 186 valence electrons. The first kappa shape index (κ1) is 25.1. The fraction of sp³-hybridized carbons (Fsp3) is 0.231. The number of fused-ring (bicyclic) bond motifs is 1. The van der Waals surface area contributed by atoms with Crippen LogP contribution < -0.4 is 20.5 Å². The average molecular weight is 507 g/mol. The summed E-state index contributed by atoms with van der Waals surface area (Å²) in [5.41, 5.74) is 1.48. The highest BCUT2D eigenvalue weighted by Crippen LogP contribution is 2.27. The molecule has 0 aliphatic carbocycles. The summed E-state index contributed by atoms with van der Waals surface area (Å²) in [6, 6.07) is 16.9. The van der Waals surface area contributed by atoms with Crippen LogP contribution in [-0.4, -0.2) is 40.6 Å². The highest BCUT2D eigenvalue weighted by atomic mass is 32.2. The number of thioether (sulfide) groups is 1. The number of aromatic nitrogens is 3. The van der Waals surface area contributed by atoms with Crippen LogP contribution in [0.15, 0.2) is 70.7 Å². The Morgan fingerprint density at radius 1 is 1.08 bits per heavy atom. The van der Waals surface area contributed by atoms with Gasteiger partial charge in [0.05, 0.1) is 24.8 Å². The number of rotatable bonds is 10. The smallest absolute Gasteiger partial charge is 0.346 e. The molecule has 2 aromatic heterocycles. The number of esters is 1. The summed E-state index contributed by atoms with van der Waals surface area (Å²) in [5, 5.41) is 4.15. The molecule has 0 unspecified atom stereocenters. The van der Waals surface area contributed by atoms with Crippen LogP contribution in [0.5, 0.6) is 5.75 Å². The van der Waals surface area contributed by atoms with E-state index in [2.05, 4.69) is 15.3 Å². The predicted molar refractivity (Wildman–Crippen MR) is 139 cm³/mol. The molecule has 0 amide bonds. The molecule has 2 heterocycles. The van der Waals surface area contributed by atoms with Gasteiger partial charge in [0.25, 0.3) is 0 Å². The van der Waals surface area contributed by atoms with Gasteiger partial charge in [0.2, 0.25) is 0 Å². The number of ether oxygens (including phenoxy) is 2. The third-order valence-corrected chi connectivity index (χ3v) is 5.91. The van der Waals surface area contributed by atoms with Gasteiger partial charge in [-0.05, 0) is 36.4 Å². The molecule has 36 heavy (non-hydrogen) atoms. The minimum absolute atomic E-state index is 0.106. The van der Waals surface area contributed by atoms with E-state index in [9.17, 15) is 9.59 Å². The Labute approximate surface area is 212 Å². The molecule has 10 heteroatoms. The van der Waals surface area contributed by atoms with Crippen LogP contribution in [0.25, 0.3) is 11.0 Å². The molecule has 0 bridgehead atoms. The van der Waals surface area contributed by atoms with Gasteiger partial charge in [-0.2, -0.15) is 0 Å². The lowest BCUT2D eigenvalue weighted by atomic mass is 10.1. The van der Waals surface area contributed by atoms with E-state index in [0.29, 0.717) is 17.1 Å². The van der Waals surface area contributed by atoms with Crippen molar-refractivity contribution in [1.29, 1.82) is 0 Å². The van der Waals surface area contributed by atoms with E-state index in [4.69, 9.17) is 14.3 Å². The van der Waals surface area contributed by atoms with E-state index in [0.717, 1.165) is 21.6 Å². The van der Waals surface area contributed by atoms with Gasteiger partial charge < -0.3 is 19.6 Å². The molecule has 1 N–H and O–H groups in total. The van der Waals surface area contributed by atoms with Crippen LogP contribution >= 0.6 is 11.8 Å². The maximum absolute atomic E-state index is 13.6. The molecule has 0 fully saturated rings. The molecular formula is C26H26N4O5S. The van der Waals surface area contributed by atoms with Crippen LogP contribution in [-0.2, 0) is 17.9 Å². The van der Waals surface area contributed by atoms with Crippen LogP contribution in [0.1, 0.15) is 28.4 Å². The number of nitrogens with zero attached hydrogens (tertiary/aromatic N) is 3. The van der Waals surface area contributed by atoms with Crippen LogP contribution in [0.4, 0.5) is 5.69 Å². The van der Waals surface area contributed by atoms with Crippen molar-refractivity contribution in [2.45, 2.75) is 25.2 Å². The number of carbonyl (C=O) groups excluding carboxylic acids is 1. The third-order valence-electron chi connectivity index (χ3n) is 5.35. The molecule has 2 aromatic carbocycles. The third kappa shape index (κ3) is 5.44. The zero-order valence-corrected chi connectivity index (χ0v) is 21.0. The summed E-state index contributed by atoms with van der Waals surface area (Å²) in [6.07, 6.45) is 3.42. The van der Waals surface area contributed by atoms with E-state index in [1.165, 1.54) is 11.8 Å². The SMILES string of the molecule is CCOC(=O)c1c(NCc2ccc(OC)cc2)c2cnc(SC)nc2n(OCc2ccccc2)c1=O. The van der Waals surface area contributed by atoms with Crippen molar-refractivity contribution in [2.24, 2.45) is 0 Å². The standard InChI is InChI=1S/C26H26N4O5S/c1-4-34-25(32)21-22(27-14-17-10-12-19(33-2)13-11-17)20-15-28-26(36-3)29-23(20)30(24(21)31)35-16-18-8-6-5-7-9-18/h5-13,15,27H,4,14,16H2,1-3H3. The Bertz CT molecular complexity index is 1410. The van der Waals surface area contributed by atoms with Crippen molar-refractivity contribution in [2.75, 3.05) is 25.3 Å². The normalized spacial score (nSPS) is 10.8. The lowest BCUT2D eigenvalue weighted by Crippen LogP contribution is -2.34. The van der Waals surface area contributed by atoms with Crippen LogP contribution in [0, 0.1) is 0 Å². The second kappa shape index (κ2) is 11.6. The minimum Gasteiger partial charge on any atom is -0.497 e. The topological polar surface area (TPSA) is 105 Å². The largest absolute Gasteiger partial charge is 0.497 e. The summed E-state index contributed by atoms with van der Waals surface area (Å²) < 4.78 is 11.5. The number of carbonyl (C=O) groups is 1. The van der Waals surface area contributed by atoms with Gasteiger partial charge >= 0.3 is 11.5 Å². The lowest BCUT2D eigenvalue weighted by Gasteiger charge is -2.18. The van der Waals surface area contributed by atoms with Crippen molar-refractivity contribution >= 4 is 34.5 Å². The molecule has 0 aliphatic heterocycles. The number of pyridine rings is 1. The maximum atomic E-state index is 13.6. The second-order valence-electron chi connectivity index (χ2n) is 7.62. The van der Waals surface area contributed by atoms with Crippen molar-refractivity contribution in [3.8, 4) is 5.75 Å². The molecule has 4 aromatic rings. The molecule has 0 aliphatic rings.